The number of hydrogen-bond donors (Lipinski definition) is 0. The first-order valence-electron chi connectivity index (χ1n) is 6.69. The Kier molecular flexibility index (Phi) is 3.74. The average Bonchev–Trinajstić information content (AvgIpc) is 2.51. The van der Waals surface area contributed by atoms with E-state index in [0.717, 1.165) is 16.8 Å². The molecule has 3 rings (SSSR count). The van der Waals surface area contributed by atoms with E-state index in [1.165, 1.54) is 0 Å². The third-order valence-electron chi connectivity index (χ3n) is 3.37. The molecule has 0 radical (unpaired) electrons. The SMILES string of the molecule is O=C1COCCN1Cc1ccc(-c2ccccc2)cn1. The number of rotatable bonds is 3. The van der Waals surface area contributed by atoms with Crippen LogP contribution in [0.15, 0.2) is 48.7 Å². The van der Waals surface area contributed by atoms with Gasteiger partial charge in [-0.25, -0.2) is 0 Å². The van der Waals surface area contributed by atoms with Crippen LogP contribution in [0.4, 0.5) is 0 Å². The maximum absolute atomic E-state index is 11.7. The van der Waals surface area contributed by atoms with E-state index in [-0.39, 0.29) is 12.5 Å². The van der Waals surface area contributed by atoms with E-state index in [2.05, 4.69) is 17.1 Å². The zero-order valence-corrected chi connectivity index (χ0v) is 11.2. The van der Waals surface area contributed by atoms with Gasteiger partial charge in [0.25, 0.3) is 0 Å². The Hall–Kier alpha value is -2.20. The van der Waals surface area contributed by atoms with Crippen LogP contribution in [-0.4, -0.2) is 35.5 Å². The third kappa shape index (κ3) is 2.86. The lowest BCUT2D eigenvalue weighted by molar-refractivity contribution is -0.143. The predicted molar refractivity (Wildman–Crippen MR) is 75.9 cm³/mol. The van der Waals surface area contributed by atoms with Gasteiger partial charge in [-0.15, -0.1) is 0 Å². The standard InChI is InChI=1S/C16H16N2O2/c19-16-12-20-9-8-18(16)11-15-7-6-14(10-17-15)13-4-2-1-3-5-13/h1-7,10H,8-9,11-12H2. The molecular formula is C16H16N2O2. The summed E-state index contributed by atoms with van der Waals surface area (Å²) in [5.74, 6) is 0.0326. The molecule has 0 spiro atoms. The van der Waals surface area contributed by atoms with Gasteiger partial charge in [0.1, 0.15) is 6.61 Å². The summed E-state index contributed by atoms with van der Waals surface area (Å²) in [4.78, 5) is 17.9. The van der Waals surface area contributed by atoms with Crippen LogP contribution in [0.3, 0.4) is 0 Å². The largest absolute Gasteiger partial charge is 0.370 e. The van der Waals surface area contributed by atoms with Crippen LogP contribution in [0.25, 0.3) is 11.1 Å². The Balaban J connectivity index is 1.72. The number of pyridine rings is 1. The monoisotopic (exact) mass is 268 g/mol. The first-order valence-corrected chi connectivity index (χ1v) is 6.69. The van der Waals surface area contributed by atoms with Gasteiger partial charge in [-0.05, 0) is 11.6 Å². The molecule has 1 aliphatic heterocycles. The second kappa shape index (κ2) is 5.84. The van der Waals surface area contributed by atoms with Crippen molar-refractivity contribution < 1.29 is 9.53 Å². The molecule has 1 amide bonds. The Morgan fingerprint density at radius 1 is 1.10 bits per heavy atom. The molecule has 1 saturated heterocycles. The molecule has 0 atom stereocenters. The molecule has 2 heterocycles. The second-order valence-electron chi connectivity index (χ2n) is 4.77. The van der Waals surface area contributed by atoms with E-state index < -0.39 is 0 Å². The smallest absolute Gasteiger partial charge is 0.248 e. The summed E-state index contributed by atoms with van der Waals surface area (Å²) in [5, 5.41) is 0. The minimum Gasteiger partial charge on any atom is -0.370 e. The number of ether oxygens (including phenoxy) is 1. The summed E-state index contributed by atoms with van der Waals surface area (Å²) in [5.41, 5.74) is 3.14. The third-order valence-corrected chi connectivity index (χ3v) is 3.37. The molecule has 1 aliphatic rings. The molecule has 0 bridgehead atoms. The first-order chi connectivity index (χ1) is 9.83. The molecule has 4 heteroatoms. The number of nitrogens with zero attached hydrogens (tertiary/aromatic N) is 2. The van der Waals surface area contributed by atoms with Crippen molar-refractivity contribution in [1.82, 2.24) is 9.88 Å². The fourth-order valence-corrected chi connectivity index (χ4v) is 2.23. The summed E-state index contributed by atoms with van der Waals surface area (Å²) < 4.78 is 5.12. The number of carbonyl (C=O) groups is 1. The summed E-state index contributed by atoms with van der Waals surface area (Å²) >= 11 is 0. The van der Waals surface area contributed by atoms with Gasteiger partial charge < -0.3 is 9.64 Å². The lowest BCUT2D eigenvalue weighted by Gasteiger charge is -2.26. The number of aromatic nitrogens is 1. The highest BCUT2D eigenvalue weighted by molar-refractivity contribution is 5.78. The molecule has 0 N–H and O–H groups in total. The molecule has 102 valence electrons. The molecule has 20 heavy (non-hydrogen) atoms. The Morgan fingerprint density at radius 3 is 2.65 bits per heavy atom. The fourth-order valence-electron chi connectivity index (χ4n) is 2.23. The van der Waals surface area contributed by atoms with Gasteiger partial charge in [-0.3, -0.25) is 9.78 Å². The van der Waals surface area contributed by atoms with Crippen molar-refractivity contribution in [2.45, 2.75) is 6.54 Å². The van der Waals surface area contributed by atoms with Gasteiger partial charge in [0, 0.05) is 18.3 Å². The van der Waals surface area contributed by atoms with Crippen LogP contribution in [0.2, 0.25) is 0 Å². The predicted octanol–water partition coefficient (Wildman–Crippen LogP) is 2.11. The molecule has 1 fully saturated rings. The molecule has 2 aromatic rings. The van der Waals surface area contributed by atoms with Crippen LogP contribution >= 0.6 is 0 Å². The average molecular weight is 268 g/mol. The van der Waals surface area contributed by atoms with Crippen molar-refractivity contribution in [2.24, 2.45) is 0 Å². The molecule has 1 aromatic carbocycles. The van der Waals surface area contributed by atoms with E-state index in [4.69, 9.17) is 4.74 Å². The summed E-state index contributed by atoms with van der Waals surface area (Å²) in [7, 11) is 0. The summed E-state index contributed by atoms with van der Waals surface area (Å²) in [6.07, 6.45) is 1.86. The fraction of sp³-hybridized carbons (Fsp3) is 0.250. The first kappa shape index (κ1) is 12.8. The van der Waals surface area contributed by atoms with E-state index in [1.54, 1.807) is 4.90 Å². The van der Waals surface area contributed by atoms with Gasteiger partial charge in [0.05, 0.1) is 18.8 Å². The molecule has 0 saturated carbocycles. The maximum Gasteiger partial charge on any atom is 0.248 e. The van der Waals surface area contributed by atoms with E-state index in [1.807, 2.05) is 36.5 Å². The minimum atomic E-state index is 0.0326. The molecule has 0 aliphatic carbocycles. The van der Waals surface area contributed by atoms with Gasteiger partial charge in [0.2, 0.25) is 5.91 Å². The number of morpholine rings is 1. The molecule has 0 unspecified atom stereocenters. The van der Waals surface area contributed by atoms with Crippen molar-refractivity contribution in [1.29, 1.82) is 0 Å². The molecule has 1 aromatic heterocycles. The highest BCUT2D eigenvalue weighted by Gasteiger charge is 2.18. The zero-order chi connectivity index (χ0) is 13.8. The molecular weight excluding hydrogens is 252 g/mol. The summed E-state index contributed by atoms with van der Waals surface area (Å²) in [6, 6.07) is 14.2. The Labute approximate surface area is 118 Å². The Morgan fingerprint density at radius 2 is 1.95 bits per heavy atom. The van der Waals surface area contributed by atoms with Crippen molar-refractivity contribution in [3.05, 3.63) is 54.4 Å². The maximum atomic E-state index is 11.7. The number of amides is 1. The number of carbonyl (C=O) groups excluding carboxylic acids is 1. The summed E-state index contributed by atoms with van der Waals surface area (Å²) in [6.45, 7) is 1.98. The zero-order valence-electron chi connectivity index (χ0n) is 11.2. The lowest BCUT2D eigenvalue weighted by Crippen LogP contribution is -2.41. The van der Waals surface area contributed by atoms with Crippen molar-refractivity contribution in [3.8, 4) is 11.1 Å². The van der Waals surface area contributed by atoms with Gasteiger partial charge >= 0.3 is 0 Å². The van der Waals surface area contributed by atoms with Gasteiger partial charge in [-0.2, -0.15) is 0 Å². The van der Waals surface area contributed by atoms with Crippen LogP contribution < -0.4 is 0 Å². The van der Waals surface area contributed by atoms with Crippen molar-refractivity contribution in [3.63, 3.8) is 0 Å². The van der Waals surface area contributed by atoms with Crippen LogP contribution in [0.1, 0.15) is 5.69 Å². The normalized spacial score (nSPS) is 15.4. The lowest BCUT2D eigenvalue weighted by atomic mass is 10.1. The highest BCUT2D eigenvalue weighted by atomic mass is 16.5. The van der Waals surface area contributed by atoms with Crippen LogP contribution in [0, 0.1) is 0 Å². The van der Waals surface area contributed by atoms with E-state index in [9.17, 15) is 4.79 Å². The van der Waals surface area contributed by atoms with Crippen LogP contribution in [-0.2, 0) is 16.1 Å². The second-order valence-corrected chi connectivity index (χ2v) is 4.77. The van der Waals surface area contributed by atoms with E-state index >= 15 is 0 Å². The van der Waals surface area contributed by atoms with E-state index in [0.29, 0.717) is 19.7 Å². The molecule has 4 nitrogen and oxygen atoms in total. The van der Waals surface area contributed by atoms with Crippen molar-refractivity contribution in [2.75, 3.05) is 19.8 Å². The van der Waals surface area contributed by atoms with Gasteiger partial charge in [-0.1, -0.05) is 36.4 Å². The quantitative estimate of drug-likeness (QED) is 0.856. The topological polar surface area (TPSA) is 42.4 Å². The van der Waals surface area contributed by atoms with Crippen molar-refractivity contribution >= 4 is 5.91 Å². The van der Waals surface area contributed by atoms with Crippen LogP contribution in [0.5, 0.6) is 0 Å². The van der Waals surface area contributed by atoms with Gasteiger partial charge in [0.15, 0.2) is 0 Å². The number of hydrogen-bond acceptors (Lipinski definition) is 3. The minimum absolute atomic E-state index is 0.0326. The highest BCUT2D eigenvalue weighted by Crippen LogP contribution is 2.18. The Bertz CT molecular complexity index is 581. The number of benzene rings is 1.